The van der Waals surface area contributed by atoms with E-state index in [1.165, 1.54) is 6.07 Å². The van der Waals surface area contributed by atoms with E-state index in [1.807, 2.05) is 24.0 Å². The highest BCUT2D eigenvalue weighted by molar-refractivity contribution is 5.85. The maximum Gasteiger partial charge on any atom is 0.231 e. The van der Waals surface area contributed by atoms with Gasteiger partial charge in [-0.2, -0.15) is 5.26 Å². The molecule has 206 valence electrons. The van der Waals surface area contributed by atoms with Crippen molar-refractivity contribution in [3.63, 3.8) is 0 Å². The van der Waals surface area contributed by atoms with Crippen molar-refractivity contribution in [2.24, 2.45) is 4.99 Å². The summed E-state index contributed by atoms with van der Waals surface area (Å²) >= 11 is 0. The lowest BCUT2D eigenvalue weighted by Gasteiger charge is -2.47. The van der Waals surface area contributed by atoms with Crippen LogP contribution in [0.5, 0.6) is 0 Å². The van der Waals surface area contributed by atoms with Gasteiger partial charge >= 0.3 is 0 Å². The number of pyridine rings is 1. The Morgan fingerprint density at radius 1 is 1.36 bits per heavy atom. The SMILES string of the molecule is CCCCNNC=Nc1cnc2c(c1)CCC2C(=O)N1CCN2CC(c3ccc(F)c(C#N)c3C)NCC2C1. The standard InChI is InChI=1S/C29H37FN8O/c1-3-4-9-35-36-18-34-21-12-20-5-6-24(28(20)33-14-21)29(39)38-11-10-37-17-27(32-15-22(37)16-38)23-7-8-26(30)25(13-31)19(23)2/h7-8,12,14,18,22,24,27,32,35H,3-6,9-11,15-17H2,1-2H3,(H,34,36). The topological polar surface area (TPSA) is 109 Å². The summed E-state index contributed by atoms with van der Waals surface area (Å²) in [6.45, 7) is 8.50. The van der Waals surface area contributed by atoms with E-state index in [0.29, 0.717) is 18.7 Å². The number of aryl methyl sites for hydroxylation is 1. The lowest BCUT2D eigenvalue weighted by Crippen LogP contribution is -2.63. The molecule has 0 radical (unpaired) electrons. The summed E-state index contributed by atoms with van der Waals surface area (Å²) in [4.78, 5) is 27.1. The molecule has 1 aliphatic carbocycles. The molecule has 2 aliphatic heterocycles. The van der Waals surface area contributed by atoms with Gasteiger partial charge in [0.15, 0.2) is 0 Å². The molecule has 2 saturated heterocycles. The summed E-state index contributed by atoms with van der Waals surface area (Å²) in [7, 11) is 0. The number of benzene rings is 1. The first kappa shape index (κ1) is 27.2. The minimum Gasteiger partial charge on any atom is -0.339 e. The zero-order valence-electron chi connectivity index (χ0n) is 22.7. The van der Waals surface area contributed by atoms with Crippen molar-refractivity contribution in [1.82, 2.24) is 31.0 Å². The van der Waals surface area contributed by atoms with Gasteiger partial charge in [-0.15, -0.1) is 0 Å². The van der Waals surface area contributed by atoms with Crippen molar-refractivity contribution in [3.05, 3.63) is 58.2 Å². The Morgan fingerprint density at radius 3 is 3.05 bits per heavy atom. The van der Waals surface area contributed by atoms with Crippen LogP contribution in [0.1, 0.15) is 66.1 Å². The van der Waals surface area contributed by atoms with E-state index in [1.54, 1.807) is 18.6 Å². The first-order valence-corrected chi connectivity index (χ1v) is 13.9. The van der Waals surface area contributed by atoms with E-state index < -0.39 is 5.82 Å². The van der Waals surface area contributed by atoms with E-state index in [2.05, 4.69) is 38.0 Å². The average molecular weight is 533 g/mol. The number of carbonyl (C=O) groups excluding carboxylic acids is 1. The second-order valence-corrected chi connectivity index (χ2v) is 10.7. The lowest BCUT2D eigenvalue weighted by molar-refractivity contribution is -0.136. The second kappa shape index (κ2) is 12.2. The maximum absolute atomic E-state index is 14.0. The van der Waals surface area contributed by atoms with Crippen LogP contribution in [0.4, 0.5) is 10.1 Å². The molecule has 9 nitrogen and oxygen atoms in total. The van der Waals surface area contributed by atoms with Gasteiger partial charge in [0, 0.05) is 51.4 Å². The summed E-state index contributed by atoms with van der Waals surface area (Å²) in [6, 6.07) is 7.45. The van der Waals surface area contributed by atoms with Crippen LogP contribution in [-0.4, -0.2) is 72.3 Å². The Bertz CT molecular complexity index is 1270. The first-order chi connectivity index (χ1) is 19.0. The van der Waals surface area contributed by atoms with Crippen LogP contribution in [-0.2, 0) is 11.2 Å². The summed E-state index contributed by atoms with van der Waals surface area (Å²) in [5.41, 5.74) is 10.6. The molecule has 1 amide bonds. The smallest absolute Gasteiger partial charge is 0.231 e. The largest absolute Gasteiger partial charge is 0.339 e. The summed E-state index contributed by atoms with van der Waals surface area (Å²) in [5.74, 6) is -0.512. The normalized spacial score (nSPS) is 22.9. The molecule has 0 bridgehead atoms. The fourth-order valence-corrected chi connectivity index (χ4v) is 6.00. The Kier molecular flexibility index (Phi) is 8.50. The first-order valence-electron chi connectivity index (χ1n) is 13.9. The number of hydrazine groups is 1. The van der Waals surface area contributed by atoms with Crippen LogP contribution in [0.15, 0.2) is 29.4 Å². The van der Waals surface area contributed by atoms with Crippen LogP contribution in [0, 0.1) is 24.1 Å². The predicted octanol–water partition coefficient (Wildman–Crippen LogP) is 2.84. The number of hydrogen-bond acceptors (Lipinski definition) is 7. The number of nitriles is 1. The van der Waals surface area contributed by atoms with E-state index in [0.717, 1.165) is 74.4 Å². The Hall–Kier alpha value is -3.39. The van der Waals surface area contributed by atoms with Gasteiger partial charge in [-0.25, -0.2) is 14.8 Å². The molecule has 1 aromatic carbocycles. The van der Waals surface area contributed by atoms with Crippen LogP contribution in [0.2, 0.25) is 0 Å². The molecule has 3 N–H and O–H groups in total. The van der Waals surface area contributed by atoms with Gasteiger partial charge in [-0.1, -0.05) is 19.4 Å². The van der Waals surface area contributed by atoms with Crippen LogP contribution in [0.3, 0.4) is 0 Å². The van der Waals surface area contributed by atoms with Crippen molar-refractivity contribution in [3.8, 4) is 6.07 Å². The quantitative estimate of drug-likeness (QED) is 0.208. The highest BCUT2D eigenvalue weighted by Crippen LogP contribution is 2.35. The van der Waals surface area contributed by atoms with Gasteiger partial charge in [-0.05, 0) is 55.0 Å². The highest BCUT2D eigenvalue weighted by Gasteiger charge is 2.39. The summed E-state index contributed by atoms with van der Waals surface area (Å²) in [6.07, 6.45) is 7.23. The Morgan fingerprint density at radius 2 is 2.23 bits per heavy atom. The third-order valence-corrected chi connectivity index (χ3v) is 8.23. The van der Waals surface area contributed by atoms with Gasteiger partial charge in [0.25, 0.3) is 0 Å². The van der Waals surface area contributed by atoms with Gasteiger partial charge in [0.1, 0.15) is 18.2 Å². The van der Waals surface area contributed by atoms with Crippen molar-refractivity contribution in [2.75, 3.05) is 39.3 Å². The molecule has 3 aliphatic rings. The number of halogens is 1. The van der Waals surface area contributed by atoms with Crippen molar-refractivity contribution in [1.29, 1.82) is 5.26 Å². The maximum atomic E-state index is 14.0. The number of hydrogen-bond donors (Lipinski definition) is 3. The fraction of sp³-hybridized carbons (Fsp3) is 0.517. The third kappa shape index (κ3) is 5.81. The average Bonchev–Trinajstić information content (AvgIpc) is 3.37. The molecule has 2 fully saturated rings. The van der Waals surface area contributed by atoms with Gasteiger partial charge < -0.3 is 15.6 Å². The number of unbranched alkanes of at least 4 members (excludes halogenated alkanes) is 1. The monoisotopic (exact) mass is 532 g/mol. The van der Waals surface area contributed by atoms with Crippen LogP contribution >= 0.6 is 0 Å². The number of nitrogens with zero attached hydrogens (tertiary/aromatic N) is 5. The predicted molar refractivity (Wildman–Crippen MR) is 148 cm³/mol. The minimum absolute atomic E-state index is 0.0290. The van der Waals surface area contributed by atoms with E-state index in [9.17, 15) is 14.4 Å². The molecule has 3 heterocycles. The molecule has 2 aromatic rings. The fourth-order valence-electron chi connectivity index (χ4n) is 6.00. The molecule has 0 saturated carbocycles. The van der Waals surface area contributed by atoms with E-state index in [-0.39, 0.29) is 29.5 Å². The molecule has 1 aromatic heterocycles. The molecule has 39 heavy (non-hydrogen) atoms. The molecule has 5 rings (SSSR count). The van der Waals surface area contributed by atoms with Crippen LogP contribution < -0.4 is 16.2 Å². The molecule has 0 spiro atoms. The Balaban J connectivity index is 1.17. The van der Waals surface area contributed by atoms with Crippen molar-refractivity contribution in [2.45, 2.75) is 57.5 Å². The number of fused-ring (bicyclic) bond motifs is 2. The van der Waals surface area contributed by atoms with Gasteiger partial charge in [0.2, 0.25) is 5.91 Å². The van der Waals surface area contributed by atoms with Crippen LogP contribution in [0.25, 0.3) is 0 Å². The van der Waals surface area contributed by atoms with E-state index in [4.69, 9.17) is 0 Å². The zero-order chi connectivity index (χ0) is 27.4. The number of nitrogens with one attached hydrogen (secondary N) is 3. The molecule has 3 unspecified atom stereocenters. The van der Waals surface area contributed by atoms with Gasteiger partial charge in [0.05, 0.1) is 29.1 Å². The minimum atomic E-state index is -0.474. The third-order valence-electron chi connectivity index (χ3n) is 8.23. The van der Waals surface area contributed by atoms with Gasteiger partial charge in [-0.3, -0.25) is 14.7 Å². The van der Waals surface area contributed by atoms with Crippen molar-refractivity contribution < 1.29 is 9.18 Å². The second-order valence-electron chi connectivity index (χ2n) is 10.7. The number of carbonyl (C=O) groups is 1. The van der Waals surface area contributed by atoms with E-state index >= 15 is 0 Å². The number of aromatic nitrogens is 1. The Labute approximate surface area is 229 Å². The number of rotatable bonds is 8. The zero-order valence-corrected chi connectivity index (χ0v) is 22.7. The molecular weight excluding hydrogens is 495 g/mol. The number of amides is 1. The number of piperazine rings is 2. The lowest BCUT2D eigenvalue weighted by atomic mass is 9.93. The summed E-state index contributed by atoms with van der Waals surface area (Å²) in [5, 5.41) is 12.9. The molecule has 10 heteroatoms. The van der Waals surface area contributed by atoms with Crippen molar-refractivity contribution >= 4 is 17.9 Å². The number of aliphatic imine (C=N–C) groups is 1. The molecular formula is C29H37FN8O. The highest BCUT2D eigenvalue weighted by atomic mass is 19.1. The summed E-state index contributed by atoms with van der Waals surface area (Å²) < 4.78 is 14.0. The molecule has 3 atom stereocenters.